The van der Waals surface area contributed by atoms with Crippen LogP contribution in [-0.2, 0) is 22.5 Å². The number of nitrogens with zero attached hydrogens (tertiary/aromatic N) is 1. The molecule has 0 saturated carbocycles. The topological polar surface area (TPSA) is 51.2 Å². The highest BCUT2D eigenvalue weighted by atomic mass is 16.5. The van der Waals surface area contributed by atoms with Gasteiger partial charge in [-0.25, -0.2) is 0 Å². The SMILES string of the molecule is O=C(CC1OCCc2ccccc21)NCc1nccc2ccccc12. The summed E-state index contributed by atoms with van der Waals surface area (Å²) in [4.78, 5) is 16.8. The van der Waals surface area contributed by atoms with Crippen molar-refractivity contribution in [3.63, 3.8) is 0 Å². The monoisotopic (exact) mass is 332 g/mol. The second-order valence-corrected chi connectivity index (χ2v) is 6.27. The van der Waals surface area contributed by atoms with Gasteiger partial charge in [0.25, 0.3) is 0 Å². The van der Waals surface area contributed by atoms with Gasteiger partial charge in [0.15, 0.2) is 0 Å². The van der Waals surface area contributed by atoms with E-state index in [0.717, 1.165) is 28.5 Å². The van der Waals surface area contributed by atoms with Crippen LogP contribution in [0.25, 0.3) is 10.8 Å². The smallest absolute Gasteiger partial charge is 0.223 e. The zero-order valence-corrected chi connectivity index (χ0v) is 13.9. The average molecular weight is 332 g/mol. The summed E-state index contributed by atoms with van der Waals surface area (Å²) in [5.41, 5.74) is 3.30. The number of aromatic nitrogens is 1. The van der Waals surface area contributed by atoms with Crippen LogP contribution in [-0.4, -0.2) is 17.5 Å². The molecule has 0 radical (unpaired) electrons. The molecule has 1 amide bonds. The third-order valence-electron chi connectivity index (χ3n) is 4.67. The van der Waals surface area contributed by atoms with Gasteiger partial charge >= 0.3 is 0 Å². The molecular weight excluding hydrogens is 312 g/mol. The molecule has 4 heteroatoms. The van der Waals surface area contributed by atoms with Gasteiger partial charge in [0, 0.05) is 11.6 Å². The summed E-state index contributed by atoms with van der Waals surface area (Å²) in [6.07, 6.45) is 2.87. The van der Waals surface area contributed by atoms with E-state index >= 15 is 0 Å². The summed E-state index contributed by atoms with van der Waals surface area (Å²) in [7, 11) is 0. The third kappa shape index (κ3) is 3.39. The normalized spacial score (nSPS) is 16.4. The zero-order chi connectivity index (χ0) is 17.1. The maximum absolute atomic E-state index is 12.4. The van der Waals surface area contributed by atoms with Crippen LogP contribution in [0.15, 0.2) is 60.8 Å². The maximum atomic E-state index is 12.4. The largest absolute Gasteiger partial charge is 0.373 e. The standard InChI is InChI=1S/C21H20N2O2/c24-21(13-20-18-8-4-2-6-16(18)10-12-25-20)23-14-19-17-7-3-1-5-15(17)9-11-22-19/h1-9,11,20H,10,12-14H2,(H,23,24). The molecule has 0 saturated heterocycles. The number of hydrogen-bond donors (Lipinski definition) is 1. The van der Waals surface area contributed by atoms with Crippen LogP contribution in [0, 0.1) is 0 Å². The van der Waals surface area contributed by atoms with Gasteiger partial charge < -0.3 is 10.1 Å². The number of pyridine rings is 1. The molecule has 1 aromatic heterocycles. The highest BCUT2D eigenvalue weighted by molar-refractivity contribution is 5.85. The average Bonchev–Trinajstić information content (AvgIpc) is 2.66. The Bertz CT molecular complexity index is 902. The lowest BCUT2D eigenvalue weighted by Crippen LogP contribution is -2.27. The number of nitrogens with one attached hydrogen (secondary N) is 1. The Kier molecular flexibility index (Phi) is 4.44. The van der Waals surface area contributed by atoms with Crippen molar-refractivity contribution in [2.75, 3.05) is 6.61 Å². The fourth-order valence-electron chi connectivity index (χ4n) is 3.39. The van der Waals surface area contributed by atoms with Crippen LogP contribution in [0.4, 0.5) is 0 Å². The van der Waals surface area contributed by atoms with Crippen LogP contribution in [0.5, 0.6) is 0 Å². The number of carbonyl (C=O) groups excluding carboxylic acids is 1. The van der Waals surface area contributed by atoms with Crippen molar-refractivity contribution in [2.24, 2.45) is 0 Å². The summed E-state index contributed by atoms with van der Waals surface area (Å²) in [5.74, 6) is -0.0172. The molecule has 126 valence electrons. The lowest BCUT2D eigenvalue weighted by atomic mass is 9.95. The summed E-state index contributed by atoms with van der Waals surface area (Å²) in [6, 6.07) is 18.3. The van der Waals surface area contributed by atoms with E-state index in [2.05, 4.69) is 28.5 Å². The predicted octanol–water partition coefficient (Wildman–Crippen LogP) is 3.56. The van der Waals surface area contributed by atoms with Crippen LogP contribution in [0.2, 0.25) is 0 Å². The molecule has 2 aromatic carbocycles. The molecular formula is C21H20N2O2. The van der Waals surface area contributed by atoms with Gasteiger partial charge in [0.1, 0.15) is 0 Å². The van der Waals surface area contributed by atoms with Crippen molar-refractivity contribution in [1.29, 1.82) is 0 Å². The van der Waals surface area contributed by atoms with Crippen LogP contribution >= 0.6 is 0 Å². The quantitative estimate of drug-likeness (QED) is 0.795. The minimum absolute atomic E-state index is 0.0172. The molecule has 0 bridgehead atoms. The van der Waals surface area contributed by atoms with E-state index in [0.29, 0.717) is 19.6 Å². The number of hydrogen-bond acceptors (Lipinski definition) is 3. The molecule has 1 unspecified atom stereocenters. The second kappa shape index (κ2) is 7.03. The first-order valence-electron chi connectivity index (χ1n) is 8.60. The molecule has 0 spiro atoms. The molecule has 0 aliphatic carbocycles. The molecule has 1 aliphatic heterocycles. The summed E-state index contributed by atoms with van der Waals surface area (Å²) < 4.78 is 5.82. The Labute approximate surface area is 146 Å². The van der Waals surface area contributed by atoms with Crippen molar-refractivity contribution in [3.05, 3.63) is 77.6 Å². The summed E-state index contributed by atoms with van der Waals surface area (Å²) in [5, 5.41) is 5.19. The first-order valence-corrected chi connectivity index (χ1v) is 8.60. The molecule has 0 fully saturated rings. The Morgan fingerprint density at radius 3 is 2.92 bits per heavy atom. The Balaban J connectivity index is 1.43. The first-order chi connectivity index (χ1) is 12.3. The number of benzene rings is 2. The van der Waals surface area contributed by atoms with Crippen molar-refractivity contribution in [1.82, 2.24) is 10.3 Å². The van der Waals surface area contributed by atoms with Crippen molar-refractivity contribution in [2.45, 2.75) is 25.5 Å². The molecule has 1 N–H and O–H groups in total. The van der Waals surface area contributed by atoms with Crippen LogP contribution in [0.1, 0.15) is 29.3 Å². The van der Waals surface area contributed by atoms with Crippen molar-refractivity contribution < 1.29 is 9.53 Å². The molecule has 4 nitrogen and oxygen atoms in total. The number of ether oxygens (including phenoxy) is 1. The van der Waals surface area contributed by atoms with Gasteiger partial charge in [-0.15, -0.1) is 0 Å². The van der Waals surface area contributed by atoms with Gasteiger partial charge in [-0.1, -0.05) is 48.5 Å². The summed E-state index contributed by atoms with van der Waals surface area (Å²) in [6.45, 7) is 1.09. The second-order valence-electron chi connectivity index (χ2n) is 6.27. The maximum Gasteiger partial charge on any atom is 0.223 e. The Morgan fingerprint density at radius 1 is 1.12 bits per heavy atom. The first kappa shape index (κ1) is 15.8. The lowest BCUT2D eigenvalue weighted by Gasteiger charge is -2.25. The van der Waals surface area contributed by atoms with Gasteiger partial charge in [-0.3, -0.25) is 9.78 Å². The van der Waals surface area contributed by atoms with E-state index in [9.17, 15) is 4.79 Å². The molecule has 1 atom stereocenters. The van der Waals surface area contributed by atoms with E-state index in [1.807, 2.05) is 36.4 Å². The number of rotatable bonds is 4. The molecule has 4 rings (SSSR count). The van der Waals surface area contributed by atoms with Gasteiger partial charge in [0.2, 0.25) is 5.91 Å². The summed E-state index contributed by atoms with van der Waals surface area (Å²) >= 11 is 0. The van der Waals surface area contributed by atoms with E-state index in [1.54, 1.807) is 6.20 Å². The fourth-order valence-corrected chi connectivity index (χ4v) is 3.39. The minimum Gasteiger partial charge on any atom is -0.373 e. The van der Waals surface area contributed by atoms with E-state index in [4.69, 9.17) is 4.74 Å². The third-order valence-corrected chi connectivity index (χ3v) is 4.67. The molecule has 3 aromatic rings. The van der Waals surface area contributed by atoms with E-state index in [-0.39, 0.29) is 12.0 Å². The fraction of sp³-hybridized carbons (Fsp3) is 0.238. The highest BCUT2D eigenvalue weighted by Gasteiger charge is 2.23. The Hall–Kier alpha value is -2.72. The minimum atomic E-state index is -0.162. The van der Waals surface area contributed by atoms with Gasteiger partial charge in [-0.05, 0) is 29.0 Å². The number of fused-ring (bicyclic) bond motifs is 2. The van der Waals surface area contributed by atoms with Crippen LogP contribution < -0.4 is 5.32 Å². The predicted molar refractivity (Wildman–Crippen MR) is 97.0 cm³/mol. The van der Waals surface area contributed by atoms with E-state index in [1.165, 1.54) is 5.56 Å². The van der Waals surface area contributed by atoms with Crippen molar-refractivity contribution >= 4 is 16.7 Å². The van der Waals surface area contributed by atoms with Gasteiger partial charge in [0.05, 0.1) is 31.4 Å². The number of carbonyl (C=O) groups is 1. The zero-order valence-electron chi connectivity index (χ0n) is 13.9. The van der Waals surface area contributed by atoms with Crippen molar-refractivity contribution in [3.8, 4) is 0 Å². The Morgan fingerprint density at radius 2 is 1.96 bits per heavy atom. The van der Waals surface area contributed by atoms with Gasteiger partial charge in [-0.2, -0.15) is 0 Å². The molecule has 1 aliphatic rings. The lowest BCUT2D eigenvalue weighted by molar-refractivity contribution is -0.124. The number of amides is 1. The molecule has 25 heavy (non-hydrogen) atoms. The molecule has 2 heterocycles. The highest BCUT2D eigenvalue weighted by Crippen LogP contribution is 2.29. The van der Waals surface area contributed by atoms with Crippen LogP contribution in [0.3, 0.4) is 0 Å². The van der Waals surface area contributed by atoms with E-state index < -0.39 is 0 Å².